The number of hydrogen-bond acceptors (Lipinski definition) is 3. The van der Waals surface area contributed by atoms with Crippen LogP contribution in [0.4, 0.5) is 0 Å². The van der Waals surface area contributed by atoms with Crippen molar-refractivity contribution in [1.82, 2.24) is 0 Å². The molecule has 1 aromatic rings. The second-order valence-electron chi connectivity index (χ2n) is 11.2. The van der Waals surface area contributed by atoms with Crippen molar-refractivity contribution >= 4 is 7.28 Å². The summed E-state index contributed by atoms with van der Waals surface area (Å²) in [6, 6.07) is 9.42. The summed E-state index contributed by atoms with van der Waals surface area (Å²) in [5.41, 5.74) is 0. The number of rotatable bonds is 26. The fraction of sp³-hybridized carbons (Fsp3) is 0.812. The van der Waals surface area contributed by atoms with Gasteiger partial charge in [-0.2, -0.15) is 0 Å². The maximum atomic E-state index is 11.5. The van der Waals surface area contributed by atoms with Gasteiger partial charge >= 0.3 is 211 Å². The molecule has 0 aliphatic rings. The van der Waals surface area contributed by atoms with Gasteiger partial charge in [-0.05, 0) is 0 Å². The van der Waals surface area contributed by atoms with Gasteiger partial charge in [0, 0.05) is 0 Å². The Morgan fingerprint density at radius 1 is 0.472 bits per heavy atom. The Kier molecular flexibility index (Phi) is 19.8. The average Bonchev–Trinajstić information content (AvgIpc) is 2.86. The van der Waals surface area contributed by atoms with Crippen molar-refractivity contribution in [2.75, 3.05) is 12.3 Å². The van der Waals surface area contributed by atoms with Crippen LogP contribution in [-0.2, 0) is 0 Å². The van der Waals surface area contributed by atoms with Gasteiger partial charge < -0.3 is 0 Å². The fourth-order valence-electron chi connectivity index (χ4n) is 5.12. The first kappa shape index (κ1) is 33.4. The van der Waals surface area contributed by atoms with E-state index in [-0.39, 0.29) is 0 Å². The monoisotopic (exact) mass is 524 g/mol. The van der Waals surface area contributed by atoms with Crippen LogP contribution in [0.5, 0.6) is 5.75 Å². The fourth-order valence-corrected chi connectivity index (χ4v) is 7.85. The molecule has 1 aromatic carbocycles. The third kappa shape index (κ3) is 18.6. The van der Waals surface area contributed by atoms with Crippen molar-refractivity contribution in [1.29, 1.82) is 0 Å². The van der Waals surface area contributed by atoms with Gasteiger partial charge in [-0.1, -0.05) is 13.8 Å². The van der Waals surface area contributed by atoms with Crippen molar-refractivity contribution in [3.05, 3.63) is 30.3 Å². The molecular formula is C32H61O3P. The third-order valence-corrected chi connectivity index (χ3v) is 10.5. The van der Waals surface area contributed by atoms with E-state index in [2.05, 4.69) is 13.8 Å². The third-order valence-electron chi connectivity index (χ3n) is 7.48. The van der Waals surface area contributed by atoms with Crippen LogP contribution in [0, 0.1) is 0 Å². The second-order valence-corrected chi connectivity index (χ2v) is 14.9. The molecular weight excluding hydrogens is 463 g/mol. The number of benzene rings is 1. The summed E-state index contributed by atoms with van der Waals surface area (Å²) in [5, 5.41) is 0. The van der Waals surface area contributed by atoms with Gasteiger partial charge in [0.2, 0.25) is 0 Å². The van der Waals surface area contributed by atoms with Crippen LogP contribution in [0.1, 0.15) is 155 Å². The van der Waals surface area contributed by atoms with Crippen molar-refractivity contribution in [2.24, 2.45) is 0 Å². The SMILES string of the molecule is CCCCCCCCCCCCCP(O)(O)(CCCCCCCCCCCCC)Oc1ccccc1. The Morgan fingerprint density at radius 3 is 1.11 bits per heavy atom. The average molecular weight is 525 g/mol. The molecule has 0 heterocycles. The van der Waals surface area contributed by atoms with Crippen LogP contribution in [0.25, 0.3) is 0 Å². The summed E-state index contributed by atoms with van der Waals surface area (Å²) in [6.07, 6.45) is 28.5. The zero-order valence-corrected chi connectivity index (χ0v) is 25.0. The minimum absolute atomic E-state index is 0.398. The summed E-state index contributed by atoms with van der Waals surface area (Å²) >= 11 is 0. The van der Waals surface area contributed by atoms with Gasteiger partial charge in [-0.15, -0.1) is 0 Å². The van der Waals surface area contributed by atoms with E-state index >= 15 is 0 Å². The van der Waals surface area contributed by atoms with E-state index in [1.165, 1.54) is 116 Å². The molecule has 0 aromatic heterocycles. The molecule has 0 amide bonds. The van der Waals surface area contributed by atoms with Crippen LogP contribution < -0.4 is 4.52 Å². The van der Waals surface area contributed by atoms with E-state index < -0.39 is 7.28 Å². The van der Waals surface area contributed by atoms with Crippen molar-refractivity contribution in [3.63, 3.8) is 0 Å². The van der Waals surface area contributed by atoms with E-state index in [9.17, 15) is 9.79 Å². The molecule has 0 spiro atoms. The topological polar surface area (TPSA) is 49.7 Å². The van der Waals surface area contributed by atoms with Gasteiger partial charge in [0.05, 0.1) is 0 Å². The van der Waals surface area contributed by atoms with Gasteiger partial charge in [0.1, 0.15) is 0 Å². The van der Waals surface area contributed by atoms with Crippen LogP contribution in [0.2, 0.25) is 0 Å². The number of hydrogen-bond donors (Lipinski definition) is 2. The standard InChI is InChI=1S/C32H61O3P/c1-3-5-7-9-11-13-15-17-19-21-26-30-36(33,34,35-32-28-24-23-25-29-32)31-27-22-20-18-16-14-12-10-8-6-4-2/h23-25,28-29,33-34H,3-22,26-27,30-31H2,1-2H3. The zero-order valence-electron chi connectivity index (χ0n) is 24.1. The first-order chi connectivity index (χ1) is 17.5. The Labute approximate surface area is 225 Å². The molecule has 0 fully saturated rings. The first-order valence-electron chi connectivity index (χ1n) is 15.7. The molecule has 0 aliphatic heterocycles. The molecule has 1 rings (SSSR count). The summed E-state index contributed by atoms with van der Waals surface area (Å²) in [7, 11) is -4.17. The normalized spacial score (nSPS) is 12.9. The number of unbranched alkanes of at least 4 members (excludes halogenated alkanes) is 20. The molecule has 0 saturated heterocycles. The van der Waals surface area contributed by atoms with E-state index in [0.717, 1.165) is 25.7 Å². The quantitative estimate of drug-likeness (QED) is 0.0935. The van der Waals surface area contributed by atoms with Gasteiger partial charge in [0.25, 0.3) is 0 Å². The molecule has 212 valence electrons. The molecule has 0 aliphatic carbocycles. The number of para-hydroxylation sites is 1. The predicted molar refractivity (Wildman–Crippen MR) is 161 cm³/mol. The van der Waals surface area contributed by atoms with Crippen molar-refractivity contribution in [3.8, 4) is 5.75 Å². The summed E-state index contributed by atoms with van der Waals surface area (Å²) < 4.78 is 6.01. The molecule has 0 bridgehead atoms. The van der Waals surface area contributed by atoms with Crippen LogP contribution in [-0.4, -0.2) is 22.1 Å². The summed E-state index contributed by atoms with van der Waals surface area (Å²) in [5.74, 6) is 0.589. The maximum absolute atomic E-state index is 11.5. The molecule has 0 radical (unpaired) electrons. The Balaban J connectivity index is 2.29. The van der Waals surface area contributed by atoms with Gasteiger partial charge in [0.15, 0.2) is 0 Å². The summed E-state index contributed by atoms with van der Waals surface area (Å²) in [4.78, 5) is 23.0. The molecule has 0 unspecified atom stereocenters. The van der Waals surface area contributed by atoms with Crippen LogP contribution in [0.15, 0.2) is 30.3 Å². The van der Waals surface area contributed by atoms with Crippen LogP contribution in [0.3, 0.4) is 0 Å². The van der Waals surface area contributed by atoms with Crippen molar-refractivity contribution in [2.45, 2.75) is 155 Å². The Hall–Kier alpha value is -0.630. The molecule has 2 N–H and O–H groups in total. The molecule has 3 nitrogen and oxygen atoms in total. The minimum atomic E-state index is -4.17. The summed E-state index contributed by atoms with van der Waals surface area (Å²) in [6.45, 7) is 4.53. The Morgan fingerprint density at radius 2 is 0.778 bits per heavy atom. The van der Waals surface area contributed by atoms with E-state index in [4.69, 9.17) is 4.52 Å². The first-order valence-corrected chi connectivity index (χ1v) is 18.2. The van der Waals surface area contributed by atoms with Crippen molar-refractivity contribution < 1.29 is 14.3 Å². The van der Waals surface area contributed by atoms with E-state index in [0.29, 0.717) is 18.1 Å². The van der Waals surface area contributed by atoms with Gasteiger partial charge in [-0.3, -0.25) is 0 Å². The van der Waals surface area contributed by atoms with Crippen LogP contribution >= 0.6 is 7.28 Å². The van der Waals surface area contributed by atoms with Gasteiger partial charge in [-0.25, -0.2) is 0 Å². The van der Waals surface area contributed by atoms with E-state index in [1.54, 1.807) is 0 Å². The predicted octanol–water partition coefficient (Wildman–Crippen LogP) is 11.0. The molecule has 36 heavy (non-hydrogen) atoms. The Bertz CT molecular complexity index is 575. The second kappa shape index (κ2) is 21.3. The molecule has 0 atom stereocenters. The molecule has 0 saturated carbocycles. The van der Waals surface area contributed by atoms with E-state index in [1.807, 2.05) is 30.3 Å². The molecule has 4 heteroatoms. The zero-order chi connectivity index (χ0) is 26.2.